The Bertz CT molecular complexity index is 382. The number of alkyl halides is 1. The summed E-state index contributed by atoms with van der Waals surface area (Å²) >= 11 is 5.43. The van der Waals surface area contributed by atoms with Crippen LogP contribution in [0.3, 0.4) is 0 Å². The van der Waals surface area contributed by atoms with Crippen LogP contribution in [0.5, 0.6) is 0 Å². The van der Waals surface area contributed by atoms with Gasteiger partial charge in [0.25, 0.3) is 0 Å². The average molecular weight is 266 g/mol. The summed E-state index contributed by atoms with van der Waals surface area (Å²) in [4.78, 5) is 11.1. The lowest BCUT2D eigenvalue weighted by molar-refractivity contribution is -0.118. The lowest BCUT2D eigenvalue weighted by Gasteiger charge is -2.22. The molecule has 0 saturated heterocycles. The zero-order chi connectivity index (χ0) is 12.8. The van der Waals surface area contributed by atoms with Gasteiger partial charge in [-0.1, -0.05) is 43.5 Å². The lowest BCUT2D eigenvalue weighted by Crippen LogP contribution is -2.23. The molecule has 1 aromatic carbocycles. The summed E-state index contributed by atoms with van der Waals surface area (Å²) in [5.74, 6) is 0.651. The Morgan fingerprint density at radius 1 is 1.17 bits per heavy atom. The van der Waals surface area contributed by atoms with Crippen molar-refractivity contribution in [3.05, 3.63) is 35.4 Å². The van der Waals surface area contributed by atoms with Gasteiger partial charge < -0.3 is 5.32 Å². The molecule has 0 bridgehead atoms. The first kappa shape index (κ1) is 13.4. The molecule has 0 spiro atoms. The Morgan fingerprint density at radius 3 is 2.44 bits per heavy atom. The molecule has 1 aliphatic carbocycles. The molecule has 1 N–H and O–H groups in total. The maximum absolute atomic E-state index is 11.1. The van der Waals surface area contributed by atoms with Gasteiger partial charge in [0.15, 0.2) is 0 Å². The number of carbonyl (C=O) groups excluding carboxylic acids is 1. The highest BCUT2D eigenvalue weighted by molar-refractivity contribution is 6.27. The van der Waals surface area contributed by atoms with E-state index in [1.165, 1.54) is 37.7 Å². The highest BCUT2D eigenvalue weighted by Gasteiger charge is 2.14. The standard InChI is InChI=1S/C15H20ClNO/c16-10-15(18)17-11-12-6-8-14(9-7-12)13-4-2-1-3-5-13/h6-9,13H,1-5,10-11H2,(H,17,18). The van der Waals surface area contributed by atoms with E-state index >= 15 is 0 Å². The van der Waals surface area contributed by atoms with Crippen LogP contribution in [0.25, 0.3) is 0 Å². The van der Waals surface area contributed by atoms with E-state index < -0.39 is 0 Å². The molecule has 0 aliphatic heterocycles. The number of hydrogen-bond donors (Lipinski definition) is 1. The molecular formula is C15H20ClNO. The predicted molar refractivity (Wildman–Crippen MR) is 74.8 cm³/mol. The molecule has 1 saturated carbocycles. The van der Waals surface area contributed by atoms with Gasteiger partial charge in [-0.3, -0.25) is 4.79 Å². The van der Waals surface area contributed by atoms with Gasteiger partial charge in [0.2, 0.25) is 5.91 Å². The van der Waals surface area contributed by atoms with Gasteiger partial charge in [-0.25, -0.2) is 0 Å². The summed E-state index contributed by atoms with van der Waals surface area (Å²) in [6.45, 7) is 0.566. The fourth-order valence-corrected chi connectivity index (χ4v) is 2.69. The zero-order valence-corrected chi connectivity index (χ0v) is 11.4. The molecule has 98 valence electrons. The third-order valence-electron chi connectivity index (χ3n) is 3.67. The second-order valence-electron chi connectivity index (χ2n) is 4.99. The highest BCUT2D eigenvalue weighted by Crippen LogP contribution is 2.32. The van der Waals surface area contributed by atoms with Crippen LogP contribution in [-0.4, -0.2) is 11.8 Å². The molecule has 1 aromatic rings. The minimum atomic E-state index is -0.118. The van der Waals surface area contributed by atoms with E-state index in [-0.39, 0.29) is 11.8 Å². The Balaban J connectivity index is 1.90. The summed E-state index contributed by atoms with van der Waals surface area (Å²) in [6, 6.07) is 8.63. The first-order valence-electron chi connectivity index (χ1n) is 6.71. The van der Waals surface area contributed by atoms with E-state index in [1.54, 1.807) is 0 Å². The first-order chi connectivity index (χ1) is 8.79. The fraction of sp³-hybridized carbons (Fsp3) is 0.533. The molecule has 1 aliphatic rings. The Kier molecular flexibility index (Phi) is 5.06. The van der Waals surface area contributed by atoms with Crippen molar-refractivity contribution in [1.82, 2.24) is 5.32 Å². The van der Waals surface area contributed by atoms with Crippen molar-refractivity contribution < 1.29 is 4.79 Å². The quantitative estimate of drug-likeness (QED) is 0.829. The van der Waals surface area contributed by atoms with E-state index in [0.717, 1.165) is 11.5 Å². The van der Waals surface area contributed by atoms with Crippen LogP contribution in [0.15, 0.2) is 24.3 Å². The minimum absolute atomic E-state index is 0.0279. The van der Waals surface area contributed by atoms with Crippen molar-refractivity contribution in [3.8, 4) is 0 Å². The van der Waals surface area contributed by atoms with Crippen molar-refractivity contribution in [3.63, 3.8) is 0 Å². The molecule has 2 rings (SSSR count). The topological polar surface area (TPSA) is 29.1 Å². The van der Waals surface area contributed by atoms with Crippen LogP contribution >= 0.6 is 11.6 Å². The monoisotopic (exact) mass is 265 g/mol. The Labute approximate surface area is 114 Å². The normalized spacial score (nSPS) is 16.5. The van der Waals surface area contributed by atoms with Crippen LogP contribution in [0.2, 0.25) is 0 Å². The molecule has 0 unspecified atom stereocenters. The second kappa shape index (κ2) is 6.79. The van der Waals surface area contributed by atoms with Gasteiger partial charge in [-0.05, 0) is 29.9 Å². The van der Waals surface area contributed by atoms with Crippen molar-refractivity contribution in [1.29, 1.82) is 0 Å². The Morgan fingerprint density at radius 2 is 1.83 bits per heavy atom. The molecule has 0 atom stereocenters. The third kappa shape index (κ3) is 3.74. The van der Waals surface area contributed by atoms with E-state index in [4.69, 9.17) is 11.6 Å². The van der Waals surface area contributed by atoms with Crippen LogP contribution < -0.4 is 5.32 Å². The first-order valence-corrected chi connectivity index (χ1v) is 7.24. The summed E-state index contributed by atoms with van der Waals surface area (Å²) in [7, 11) is 0. The van der Waals surface area contributed by atoms with E-state index in [9.17, 15) is 4.79 Å². The summed E-state index contributed by atoms with van der Waals surface area (Å²) < 4.78 is 0. The minimum Gasteiger partial charge on any atom is -0.351 e. The second-order valence-corrected chi connectivity index (χ2v) is 5.25. The summed E-state index contributed by atoms with van der Waals surface area (Å²) in [5.41, 5.74) is 2.58. The van der Waals surface area contributed by atoms with Gasteiger partial charge in [-0.2, -0.15) is 0 Å². The average Bonchev–Trinajstić information content (AvgIpc) is 2.46. The van der Waals surface area contributed by atoms with Gasteiger partial charge in [0.05, 0.1) is 0 Å². The largest absolute Gasteiger partial charge is 0.351 e. The van der Waals surface area contributed by atoms with E-state index in [0.29, 0.717) is 6.54 Å². The molecular weight excluding hydrogens is 246 g/mol. The number of halogens is 1. The molecule has 1 fully saturated rings. The number of rotatable bonds is 4. The molecule has 2 nitrogen and oxygen atoms in total. The van der Waals surface area contributed by atoms with Gasteiger partial charge in [0, 0.05) is 6.54 Å². The molecule has 1 amide bonds. The van der Waals surface area contributed by atoms with Gasteiger partial charge in [-0.15, -0.1) is 11.6 Å². The number of carbonyl (C=O) groups is 1. The van der Waals surface area contributed by atoms with Crippen LogP contribution in [0.1, 0.15) is 49.1 Å². The summed E-state index contributed by atoms with van der Waals surface area (Å²) in [6.07, 6.45) is 6.75. The van der Waals surface area contributed by atoms with Crippen molar-refractivity contribution in [2.75, 3.05) is 5.88 Å². The molecule has 0 radical (unpaired) electrons. The summed E-state index contributed by atoms with van der Waals surface area (Å²) in [5, 5.41) is 2.78. The van der Waals surface area contributed by atoms with Crippen molar-refractivity contribution >= 4 is 17.5 Å². The zero-order valence-electron chi connectivity index (χ0n) is 10.6. The SMILES string of the molecule is O=C(CCl)NCc1ccc(C2CCCCC2)cc1. The number of amides is 1. The smallest absolute Gasteiger partial charge is 0.235 e. The van der Waals surface area contributed by atoms with Crippen LogP contribution in [0.4, 0.5) is 0 Å². The number of hydrogen-bond acceptors (Lipinski definition) is 1. The highest BCUT2D eigenvalue weighted by atomic mass is 35.5. The van der Waals surface area contributed by atoms with Gasteiger partial charge >= 0.3 is 0 Å². The maximum atomic E-state index is 11.1. The van der Waals surface area contributed by atoms with Crippen molar-refractivity contribution in [2.45, 2.75) is 44.6 Å². The number of nitrogens with one attached hydrogen (secondary N) is 1. The number of benzene rings is 1. The van der Waals surface area contributed by atoms with Crippen LogP contribution in [-0.2, 0) is 11.3 Å². The van der Waals surface area contributed by atoms with Crippen LogP contribution in [0, 0.1) is 0 Å². The predicted octanol–water partition coefficient (Wildman–Crippen LogP) is 3.59. The van der Waals surface area contributed by atoms with Crippen molar-refractivity contribution in [2.24, 2.45) is 0 Å². The Hall–Kier alpha value is -1.02. The molecule has 0 aromatic heterocycles. The lowest BCUT2D eigenvalue weighted by atomic mass is 9.84. The van der Waals surface area contributed by atoms with E-state index in [1.807, 2.05) is 0 Å². The maximum Gasteiger partial charge on any atom is 0.235 e. The van der Waals surface area contributed by atoms with Gasteiger partial charge in [0.1, 0.15) is 5.88 Å². The van der Waals surface area contributed by atoms with E-state index in [2.05, 4.69) is 29.6 Å². The third-order valence-corrected chi connectivity index (χ3v) is 3.91. The fourth-order valence-electron chi connectivity index (χ4n) is 2.59. The molecule has 18 heavy (non-hydrogen) atoms. The molecule has 0 heterocycles. The molecule has 3 heteroatoms.